The predicted octanol–water partition coefficient (Wildman–Crippen LogP) is 1.94. The summed E-state index contributed by atoms with van der Waals surface area (Å²) in [7, 11) is 0. The highest BCUT2D eigenvalue weighted by molar-refractivity contribution is 7.80. The monoisotopic (exact) mass is 209 g/mol. The maximum absolute atomic E-state index is 10.9. The molecule has 0 spiro atoms. The molecule has 0 atom stereocenters. The van der Waals surface area contributed by atoms with Crippen molar-refractivity contribution in [3.63, 3.8) is 0 Å². The first-order valence-electron chi connectivity index (χ1n) is 4.13. The number of ketones is 1. The second-order valence-corrected chi connectivity index (χ2v) is 3.46. The van der Waals surface area contributed by atoms with Crippen molar-refractivity contribution in [3.05, 3.63) is 29.8 Å². The molecule has 4 heteroatoms. The molecular formula is C10H11NO2S. The molecule has 0 aliphatic carbocycles. The molecule has 14 heavy (non-hydrogen) atoms. The van der Waals surface area contributed by atoms with E-state index in [1.54, 1.807) is 0 Å². The number of carbonyl (C=O) groups excluding carboxylic acids is 1. The van der Waals surface area contributed by atoms with Gasteiger partial charge < -0.3 is 5.21 Å². The lowest BCUT2D eigenvalue weighted by atomic mass is 10.1. The summed E-state index contributed by atoms with van der Waals surface area (Å²) < 4.78 is 0. The minimum Gasteiger partial charge on any atom is -0.411 e. The third kappa shape index (κ3) is 2.88. The Morgan fingerprint density at radius 3 is 2.43 bits per heavy atom. The Kier molecular flexibility index (Phi) is 3.71. The Morgan fingerprint density at radius 2 is 2.00 bits per heavy atom. The van der Waals surface area contributed by atoms with E-state index in [1.807, 2.05) is 24.3 Å². The van der Waals surface area contributed by atoms with Gasteiger partial charge >= 0.3 is 0 Å². The molecule has 0 radical (unpaired) electrons. The molecule has 1 aromatic rings. The van der Waals surface area contributed by atoms with E-state index in [0.717, 1.165) is 10.5 Å². The van der Waals surface area contributed by atoms with E-state index in [1.165, 1.54) is 6.92 Å². The van der Waals surface area contributed by atoms with Crippen LogP contribution in [0, 0.1) is 0 Å². The van der Waals surface area contributed by atoms with Crippen LogP contribution in [0.2, 0.25) is 0 Å². The van der Waals surface area contributed by atoms with Gasteiger partial charge in [0.1, 0.15) is 5.71 Å². The maximum atomic E-state index is 10.9. The number of oxime groups is 1. The van der Waals surface area contributed by atoms with Crippen molar-refractivity contribution >= 4 is 24.1 Å². The van der Waals surface area contributed by atoms with Crippen molar-refractivity contribution < 1.29 is 10.0 Å². The van der Waals surface area contributed by atoms with Gasteiger partial charge in [0.25, 0.3) is 0 Å². The zero-order valence-corrected chi connectivity index (χ0v) is 8.66. The number of Topliss-reactive ketones (excluding diaryl/α,β-unsaturated/α-hetero) is 1. The average Bonchev–Trinajstić information content (AvgIpc) is 2.16. The maximum Gasteiger partial charge on any atom is 0.177 e. The lowest BCUT2D eigenvalue weighted by Crippen LogP contribution is -2.13. The van der Waals surface area contributed by atoms with Gasteiger partial charge in [-0.1, -0.05) is 17.3 Å². The Balaban J connectivity index is 2.78. The van der Waals surface area contributed by atoms with Gasteiger partial charge in [-0.2, -0.15) is 0 Å². The van der Waals surface area contributed by atoms with E-state index in [2.05, 4.69) is 17.8 Å². The standard InChI is InChI=1S/C10H11NO2S/c1-7(12)10(11-13)6-8-2-4-9(14)5-3-8/h2-5,13-14H,6H2,1H3/b11-10+. The van der Waals surface area contributed by atoms with Gasteiger partial charge in [0.05, 0.1) is 0 Å². The number of thiol groups is 1. The molecule has 1 rings (SSSR count). The van der Waals surface area contributed by atoms with Crippen LogP contribution in [0.4, 0.5) is 0 Å². The molecule has 74 valence electrons. The highest BCUT2D eigenvalue weighted by Crippen LogP contribution is 2.08. The van der Waals surface area contributed by atoms with Gasteiger partial charge in [0.2, 0.25) is 0 Å². The number of hydrogen-bond acceptors (Lipinski definition) is 4. The molecule has 0 saturated heterocycles. The fourth-order valence-electron chi connectivity index (χ4n) is 1.04. The van der Waals surface area contributed by atoms with Crippen LogP contribution in [0.3, 0.4) is 0 Å². The minimum absolute atomic E-state index is 0.164. The largest absolute Gasteiger partial charge is 0.411 e. The third-order valence-electron chi connectivity index (χ3n) is 1.84. The van der Waals surface area contributed by atoms with Crippen LogP contribution in [0.25, 0.3) is 0 Å². The summed E-state index contributed by atoms with van der Waals surface area (Å²) >= 11 is 4.14. The van der Waals surface area contributed by atoms with Gasteiger partial charge in [0.15, 0.2) is 5.78 Å². The van der Waals surface area contributed by atoms with E-state index < -0.39 is 0 Å². The lowest BCUT2D eigenvalue weighted by molar-refractivity contribution is -0.111. The van der Waals surface area contributed by atoms with E-state index >= 15 is 0 Å². The number of carbonyl (C=O) groups is 1. The Labute approximate surface area is 87.9 Å². The Morgan fingerprint density at radius 1 is 1.43 bits per heavy atom. The second-order valence-electron chi connectivity index (χ2n) is 2.95. The molecule has 1 aromatic carbocycles. The third-order valence-corrected chi connectivity index (χ3v) is 2.13. The van der Waals surface area contributed by atoms with Crippen LogP contribution in [-0.2, 0) is 11.2 Å². The summed E-state index contributed by atoms with van der Waals surface area (Å²) in [6.45, 7) is 1.38. The van der Waals surface area contributed by atoms with Crippen molar-refractivity contribution in [1.29, 1.82) is 0 Å². The smallest absolute Gasteiger partial charge is 0.177 e. The molecule has 1 N–H and O–H groups in total. The van der Waals surface area contributed by atoms with Crippen molar-refractivity contribution in [1.82, 2.24) is 0 Å². The van der Waals surface area contributed by atoms with Crippen LogP contribution in [0.5, 0.6) is 0 Å². The van der Waals surface area contributed by atoms with E-state index in [9.17, 15) is 4.79 Å². The van der Waals surface area contributed by atoms with Crippen LogP contribution < -0.4 is 0 Å². The van der Waals surface area contributed by atoms with E-state index in [0.29, 0.717) is 6.42 Å². The highest BCUT2D eigenvalue weighted by atomic mass is 32.1. The fourth-order valence-corrected chi connectivity index (χ4v) is 1.19. The molecule has 0 aliphatic rings. The summed E-state index contributed by atoms with van der Waals surface area (Å²) in [5.41, 5.74) is 1.09. The minimum atomic E-state index is -0.220. The number of hydrogen-bond donors (Lipinski definition) is 2. The van der Waals surface area contributed by atoms with Gasteiger partial charge in [-0.25, -0.2) is 0 Å². The molecule has 0 amide bonds. The molecule has 0 saturated carbocycles. The van der Waals surface area contributed by atoms with Gasteiger partial charge in [0, 0.05) is 18.2 Å². The Hall–Kier alpha value is -1.29. The van der Waals surface area contributed by atoms with Gasteiger partial charge in [-0.15, -0.1) is 12.6 Å². The quantitative estimate of drug-likeness (QED) is 0.346. The first-order valence-corrected chi connectivity index (χ1v) is 4.58. The van der Waals surface area contributed by atoms with Gasteiger partial charge in [-0.3, -0.25) is 4.79 Å². The first kappa shape index (κ1) is 10.8. The van der Waals surface area contributed by atoms with Crippen LogP contribution >= 0.6 is 12.6 Å². The SMILES string of the molecule is CC(=O)/C(Cc1ccc(S)cc1)=N/O. The summed E-state index contributed by atoms with van der Waals surface area (Å²) in [6.07, 6.45) is 0.347. The molecule has 0 heterocycles. The van der Waals surface area contributed by atoms with Crippen molar-refractivity contribution in [2.75, 3.05) is 0 Å². The first-order chi connectivity index (χ1) is 6.63. The average molecular weight is 209 g/mol. The number of benzene rings is 1. The lowest BCUT2D eigenvalue weighted by Gasteiger charge is -2.00. The van der Waals surface area contributed by atoms with Crippen LogP contribution in [-0.4, -0.2) is 16.7 Å². The second kappa shape index (κ2) is 4.81. The molecule has 0 aromatic heterocycles. The van der Waals surface area contributed by atoms with Crippen molar-refractivity contribution in [2.45, 2.75) is 18.2 Å². The molecule has 0 bridgehead atoms. The normalized spacial score (nSPS) is 11.4. The van der Waals surface area contributed by atoms with Crippen molar-refractivity contribution in [2.24, 2.45) is 5.16 Å². The summed E-state index contributed by atoms with van der Waals surface area (Å²) in [4.78, 5) is 11.8. The molecular weight excluding hydrogens is 198 g/mol. The zero-order chi connectivity index (χ0) is 10.6. The summed E-state index contributed by atoms with van der Waals surface area (Å²) in [5, 5.41) is 11.5. The molecule has 0 fully saturated rings. The van der Waals surface area contributed by atoms with Crippen LogP contribution in [0.1, 0.15) is 12.5 Å². The molecule has 0 unspecified atom stereocenters. The van der Waals surface area contributed by atoms with Gasteiger partial charge in [-0.05, 0) is 17.7 Å². The van der Waals surface area contributed by atoms with Crippen LogP contribution in [0.15, 0.2) is 34.3 Å². The molecule has 3 nitrogen and oxygen atoms in total. The topological polar surface area (TPSA) is 49.7 Å². The Bertz CT molecular complexity index is 357. The van der Waals surface area contributed by atoms with E-state index in [-0.39, 0.29) is 11.5 Å². The highest BCUT2D eigenvalue weighted by Gasteiger charge is 2.07. The number of rotatable bonds is 3. The molecule has 0 aliphatic heterocycles. The fraction of sp³-hybridized carbons (Fsp3) is 0.200. The van der Waals surface area contributed by atoms with Crippen molar-refractivity contribution in [3.8, 4) is 0 Å². The summed E-state index contributed by atoms with van der Waals surface area (Å²) in [6, 6.07) is 7.34. The summed E-state index contributed by atoms with van der Waals surface area (Å²) in [5.74, 6) is -0.220. The van der Waals surface area contributed by atoms with E-state index in [4.69, 9.17) is 5.21 Å². The predicted molar refractivity (Wildman–Crippen MR) is 57.3 cm³/mol. The zero-order valence-electron chi connectivity index (χ0n) is 7.77. The number of nitrogens with zero attached hydrogens (tertiary/aromatic N) is 1.